The molecule has 0 spiro atoms. The van der Waals surface area contributed by atoms with Crippen molar-refractivity contribution in [3.63, 3.8) is 0 Å². The molecule has 1 heterocycles. The first-order chi connectivity index (χ1) is 11.3. The van der Waals surface area contributed by atoms with Crippen LogP contribution < -0.4 is 5.32 Å². The van der Waals surface area contributed by atoms with Gasteiger partial charge >= 0.3 is 6.09 Å². The molecule has 0 bridgehead atoms. The maximum atomic E-state index is 12.7. The number of halogens is 1. The van der Waals surface area contributed by atoms with Crippen molar-refractivity contribution >= 4 is 6.09 Å². The highest BCUT2D eigenvalue weighted by Crippen LogP contribution is 2.14. The van der Waals surface area contributed by atoms with Crippen molar-refractivity contribution in [2.24, 2.45) is 0 Å². The molecule has 0 aliphatic carbocycles. The Morgan fingerprint density at radius 3 is 2.13 bits per heavy atom. The smallest absolute Gasteiger partial charge is 0.408 e. The van der Waals surface area contributed by atoms with Crippen molar-refractivity contribution in [1.29, 1.82) is 0 Å². The second-order valence-corrected chi connectivity index (χ2v) is 6.53. The molecule has 1 aliphatic heterocycles. The first-order valence-electron chi connectivity index (χ1n) is 9.47. The number of hydrogen-bond donors (Lipinski definition) is 1. The standard InChI is InChI=1S/C19H34FNO2/c1-2-3-4-5-6-7-8-9-10-11-12-13-14-15-18-17(16-20)21-19(22)23-18/h14-15,17-18H,2-13,16H2,1H3,(H,21,22)/t17-,18-/m1/s1. The monoisotopic (exact) mass is 327 g/mol. The van der Waals surface area contributed by atoms with Crippen LogP contribution in [0.5, 0.6) is 0 Å². The molecule has 4 heteroatoms. The molecule has 1 N–H and O–H groups in total. The number of alkyl carbamates (subject to hydrolysis) is 1. The summed E-state index contributed by atoms with van der Waals surface area (Å²) in [5.41, 5.74) is 0. The van der Waals surface area contributed by atoms with Crippen molar-refractivity contribution in [3.05, 3.63) is 12.2 Å². The van der Waals surface area contributed by atoms with E-state index in [9.17, 15) is 9.18 Å². The Morgan fingerprint density at radius 2 is 1.57 bits per heavy atom. The maximum Gasteiger partial charge on any atom is 0.408 e. The lowest BCUT2D eigenvalue weighted by Gasteiger charge is -2.08. The summed E-state index contributed by atoms with van der Waals surface area (Å²) in [5.74, 6) is 0. The normalized spacial score (nSPS) is 20.9. The lowest BCUT2D eigenvalue weighted by Crippen LogP contribution is -2.32. The summed E-state index contributed by atoms with van der Waals surface area (Å²) >= 11 is 0. The van der Waals surface area contributed by atoms with E-state index < -0.39 is 24.9 Å². The van der Waals surface area contributed by atoms with Crippen molar-refractivity contribution < 1.29 is 13.9 Å². The minimum atomic E-state index is -0.584. The van der Waals surface area contributed by atoms with Gasteiger partial charge in [-0.1, -0.05) is 77.2 Å². The Kier molecular flexibility index (Phi) is 11.6. The fraction of sp³-hybridized carbons (Fsp3) is 0.842. The first-order valence-corrected chi connectivity index (χ1v) is 9.47. The SMILES string of the molecule is CCCCCCCCCCCCCC=C[C@H]1OC(=O)N[C@@H]1CF. The number of ether oxygens (including phenoxy) is 1. The van der Waals surface area contributed by atoms with E-state index in [2.05, 4.69) is 12.2 Å². The van der Waals surface area contributed by atoms with E-state index >= 15 is 0 Å². The van der Waals surface area contributed by atoms with E-state index in [1.165, 1.54) is 64.2 Å². The van der Waals surface area contributed by atoms with Crippen molar-refractivity contribution in [1.82, 2.24) is 5.32 Å². The van der Waals surface area contributed by atoms with Crippen LogP contribution in [0.25, 0.3) is 0 Å². The molecular weight excluding hydrogens is 293 g/mol. The van der Waals surface area contributed by atoms with Gasteiger partial charge in [0.1, 0.15) is 18.8 Å². The number of rotatable bonds is 14. The van der Waals surface area contributed by atoms with Gasteiger partial charge in [-0.25, -0.2) is 9.18 Å². The highest BCUT2D eigenvalue weighted by Gasteiger charge is 2.31. The molecule has 23 heavy (non-hydrogen) atoms. The Labute approximate surface area is 141 Å². The van der Waals surface area contributed by atoms with Crippen LogP contribution >= 0.6 is 0 Å². The number of unbranched alkanes of at least 4 members (excludes halogenated alkanes) is 11. The van der Waals surface area contributed by atoms with Gasteiger partial charge < -0.3 is 10.1 Å². The van der Waals surface area contributed by atoms with Gasteiger partial charge in [0.15, 0.2) is 0 Å². The predicted molar refractivity (Wildman–Crippen MR) is 93.4 cm³/mol. The molecule has 0 aromatic rings. The fourth-order valence-electron chi connectivity index (χ4n) is 2.93. The van der Waals surface area contributed by atoms with E-state index in [0.29, 0.717) is 0 Å². The minimum Gasteiger partial charge on any atom is -0.440 e. The van der Waals surface area contributed by atoms with Crippen molar-refractivity contribution in [2.75, 3.05) is 6.67 Å². The zero-order valence-corrected chi connectivity index (χ0v) is 14.7. The zero-order valence-electron chi connectivity index (χ0n) is 14.7. The molecule has 1 aliphatic rings. The molecule has 0 radical (unpaired) electrons. The molecule has 0 unspecified atom stereocenters. The average molecular weight is 327 g/mol. The van der Waals surface area contributed by atoms with Crippen LogP contribution in [-0.2, 0) is 4.74 Å². The molecule has 0 aromatic heterocycles. The molecule has 134 valence electrons. The number of nitrogens with one attached hydrogen (secondary N) is 1. The second-order valence-electron chi connectivity index (χ2n) is 6.53. The summed E-state index contributed by atoms with van der Waals surface area (Å²) in [6.45, 7) is 1.67. The van der Waals surface area contributed by atoms with E-state index in [-0.39, 0.29) is 0 Å². The van der Waals surface area contributed by atoms with Gasteiger partial charge in [-0.3, -0.25) is 0 Å². The molecule has 1 rings (SSSR count). The number of alkyl halides is 1. The Balaban J connectivity index is 1.88. The molecular formula is C19H34FNO2. The van der Waals surface area contributed by atoms with Gasteiger partial charge in [-0.2, -0.15) is 0 Å². The largest absolute Gasteiger partial charge is 0.440 e. The number of amides is 1. The molecule has 3 nitrogen and oxygen atoms in total. The van der Waals surface area contributed by atoms with Crippen LogP contribution in [0.15, 0.2) is 12.2 Å². The summed E-state index contributed by atoms with van der Waals surface area (Å²) < 4.78 is 17.7. The summed E-state index contributed by atoms with van der Waals surface area (Å²) in [5, 5.41) is 2.46. The van der Waals surface area contributed by atoms with Crippen LogP contribution in [-0.4, -0.2) is 24.9 Å². The summed E-state index contributed by atoms with van der Waals surface area (Å²) in [7, 11) is 0. The molecule has 0 aromatic carbocycles. The summed E-state index contributed by atoms with van der Waals surface area (Å²) in [6.07, 6.45) is 18.5. The zero-order chi connectivity index (χ0) is 16.8. The number of hydrogen-bond acceptors (Lipinski definition) is 2. The lowest BCUT2D eigenvalue weighted by molar-refractivity contribution is 0.150. The van der Waals surface area contributed by atoms with Crippen LogP contribution in [0.3, 0.4) is 0 Å². The van der Waals surface area contributed by atoms with Gasteiger partial charge in [0, 0.05) is 0 Å². The minimum absolute atomic E-state index is 0.444. The van der Waals surface area contributed by atoms with Crippen LogP contribution in [0.1, 0.15) is 84.0 Å². The van der Waals surface area contributed by atoms with E-state index in [1.807, 2.05) is 12.2 Å². The van der Waals surface area contributed by atoms with Crippen LogP contribution in [0.4, 0.5) is 9.18 Å². The van der Waals surface area contributed by atoms with Gasteiger partial charge in [0.05, 0.1) is 0 Å². The summed E-state index contributed by atoms with van der Waals surface area (Å²) in [4.78, 5) is 11.0. The third-order valence-corrected chi connectivity index (χ3v) is 4.41. The molecule has 2 atom stereocenters. The number of carbonyl (C=O) groups is 1. The number of carbonyl (C=O) groups excluding carboxylic acids is 1. The first kappa shape index (κ1) is 20.0. The van der Waals surface area contributed by atoms with Gasteiger partial charge in [-0.15, -0.1) is 0 Å². The Bertz CT molecular complexity index is 333. The molecule has 0 saturated carbocycles. The van der Waals surface area contributed by atoms with Crippen LogP contribution in [0.2, 0.25) is 0 Å². The highest BCUT2D eigenvalue weighted by atomic mass is 19.1. The third-order valence-electron chi connectivity index (χ3n) is 4.41. The predicted octanol–water partition coefficient (Wildman–Crippen LogP) is 5.69. The third kappa shape index (κ3) is 9.62. The maximum absolute atomic E-state index is 12.7. The van der Waals surface area contributed by atoms with Crippen LogP contribution in [0, 0.1) is 0 Å². The fourth-order valence-corrected chi connectivity index (χ4v) is 2.93. The molecule has 1 fully saturated rings. The molecule has 1 amide bonds. The van der Waals surface area contributed by atoms with E-state index in [4.69, 9.17) is 4.74 Å². The van der Waals surface area contributed by atoms with Gasteiger partial charge in [0.25, 0.3) is 0 Å². The Morgan fingerprint density at radius 1 is 1.00 bits per heavy atom. The van der Waals surface area contributed by atoms with E-state index in [0.717, 1.165) is 12.8 Å². The average Bonchev–Trinajstić information content (AvgIpc) is 2.91. The van der Waals surface area contributed by atoms with Crippen molar-refractivity contribution in [2.45, 2.75) is 96.1 Å². The summed E-state index contributed by atoms with van der Waals surface area (Å²) in [6, 6.07) is -0.518. The Hall–Kier alpha value is -1.06. The highest BCUT2D eigenvalue weighted by molar-refractivity contribution is 5.70. The number of cyclic esters (lactones) is 1. The quantitative estimate of drug-likeness (QED) is 0.329. The number of allylic oxidation sites excluding steroid dienone is 1. The van der Waals surface area contributed by atoms with Gasteiger partial charge in [-0.05, 0) is 18.9 Å². The molecule has 1 saturated heterocycles. The van der Waals surface area contributed by atoms with Crippen molar-refractivity contribution in [3.8, 4) is 0 Å². The lowest BCUT2D eigenvalue weighted by atomic mass is 10.0. The van der Waals surface area contributed by atoms with Gasteiger partial charge in [0.2, 0.25) is 0 Å². The van der Waals surface area contributed by atoms with E-state index in [1.54, 1.807) is 0 Å². The second kappa shape index (κ2) is 13.4. The topological polar surface area (TPSA) is 38.3 Å².